The van der Waals surface area contributed by atoms with Crippen molar-refractivity contribution >= 4 is 5.96 Å². The number of nitrogens with two attached hydrogens (primary N) is 1. The van der Waals surface area contributed by atoms with E-state index in [-0.39, 0.29) is 11.9 Å². The molecule has 0 spiro atoms. The summed E-state index contributed by atoms with van der Waals surface area (Å²) >= 11 is 0. The van der Waals surface area contributed by atoms with Crippen molar-refractivity contribution in [3.8, 4) is 0 Å². The maximum Gasteiger partial charge on any atom is 0.189 e. The highest BCUT2D eigenvalue weighted by Gasteiger charge is 2.38. The van der Waals surface area contributed by atoms with E-state index in [1.165, 1.54) is 31.4 Å². The molecule has 2 aliphatic rings. The second kappa shape index (κ2) is 4.59. The predicted octanol–water partition coefficient (Wildman–Crippen LogP) is 2.14. The number of hydrogen-bond acceptors (Lipinski definition) is 1. The summed E-state index contributed by atoms with van der Waals surface area (Å²) < 4.78 is 12.8. The van der Waals surface area contributed by atoms with E-state index in [1.54, 1.807) is 0 Å². The molecule has 0 heterocycles. The molecule has 2 saturated carbocycles. The summed E-state index contributed by atoms with van der Waals surface area (Å²) in [7, 11) is 0. The molecule has 1 aromatic rings. The lowest BCUT2D eigenvalue weighted by Gasteiger charge is -2.26. The van der Waals surface area contributed by atoms with Crippen molar-refractivity contribution in [1.29, 1.82) is 0 Å². The van der Waals surface area contributed by atoms with Gasteiger partial charge in [0.15, 0.2) is 5.96 Å². The highest BCUT2D eigenvalue weighted by atomic mass is 19.1. The lowest BCUT2D eigenvalue weighted by molar-refractivity contribution is 0.382. The monoisotopic (exact) mass is 247 g/mol. The summed E-state index contributed by atoms with van der Waals surface area (Å²) in [5.74, 6) is 0.785. The van der Waals surface area contributed by atoms with E-state index in [2.05, 4.69) is 10.3 Å². The van der Waals surface area contributed by atoms with Gasteiger partial charge in [-0.15, -0.1) is 0 Å². The molecule has 0 saturated heterocycles. The van der Waals surface area contributed by atoms with E-state index in [4.69, 9.17) is 5.73 Å². The van der Waals surface area contributed by atoms with Gasteiger partial charge in [-0.25, -0.2) is 9.38 Å². The molecule has 0 amide bonds. The van der Waals surface area contributed by atoms with Gasteiger partial charge in [0, 0.05) is 12.0 Å². The molecule has 96 valence electrons. The molecule has 2 atom stereocenters. The van der Waals surface area contributed by atoms with E-state index in [0.717, 1.165) is 12.0 Å². The van der Waals surface area contributed by atoms with Crippen molar-refractivity contribution in [3.63, 3.8) is 0 Å². The molecule has 3 N–H and O–H groups in total. The van der Waals surface area contributed by atoms with Crippen LogP contribution >= 0.6 is 0 Å². The fourth-order valence-corrected chi connectivity index (χ4v) is 2.37. The van der Waals surface area contributed by atoms with Crippen molar-refractivity contribution in [2.45, 2.75) is 43.7 Å². The third kappa shape index (κ3) is 2.47. The molecule has 0 radical (unpaired) electrons. The van der Waals surface area contributed by atoms with E-state index >= 15 is 0 Å². The average Bonchev–Trinajstić information content (AvgIpc) is 3.04. The SMILES string of the molecule is NC(=N[C@@H]1C[C@H]1c1ccc(F)cc1)NC1CCC1. The molecule has 0 unspecified atom stereocenters. The fourth-order valence-electron chi connectivity index (χ4n) is 2.37. The van der Waals surface area contributed by atoms with Crippen molar-refractivity contribution in [1.82, 2.24) is 5.32 Å². The Morgan fingerprint density at radius 2 is 2.00 bits per heavy atom. The minimum absolute atomic E-state index is 0.189. The van der Waals surface area contributed by atoms with Crippen molar-refractivity contribution < 1.29 is 4.39 Å². The van der Waals surface area contributed by atoms with Crippen molar-refractivity contribution in [3.05, 3.63) is 35.6 Å². The van der Waals surface area contributed by atoms with Gasteiger partial charge >= 0.3 is 0 Å². The molecule has 2 fully saturated rings. The first-order valence-electron chi connectivity index (χ1n) is 6.57. The van der Waals surface area contributed by atoms with E-state index < -0.39 is 0 Å². The number of guanidine groups is 1. The highest BCUT2D eigenvalue weighted by Crippen LogP contribution is 2.43. The number of hydrogen-bond donors (Lipinski definition) is 2. The number of aliphatic imine (C=N–C) groups is 1. The Hall–Kier alpha value is -1.58. The Bertz CT molecular complexity index is 451. The van der Waals surface area contributed by atoms with Gasteiger partial charge in [-0.2, -0.15) is 0 Å². The Kier molecular flexibility index (Phi) is 2.94. The average molecular weight is 247 g/mol. The van der Waals surface area contributed by atoms with Crippen LogP contribution in [-0.4, -0.2) is 18.0 Å². The molecular weight excluding hydrogens is 229 g/mol. The molecule has 4 heteroatoms. The van der Waals surface area contributed by atoms with Crippen molar-refractivity contribution in [2.75, 3.05) is 0 Å². The van der Waals surface area contributed by atoms with E-state index in [9.17, 15) is 4.39 Å². The van der Waals surface area contributed by atoms with Gasteiger partial charge in [0.1, 0.15) is 5.82 Å². The summed E-state index contributed by atoms with van der Waals surface area (Å²) in [5, 5.41) is 3.24. The third-order valence-corrected chi connectivity index (χ3v) is 3.82. The Morgan fingerprint density at radius 1 is 1.28 bits per heavy atom. The van der Waals surface area contributed by atoms with Crippen LogP contribution in [-0.2, 0) is 0 Å². The fraction of sp³-hybridized carbons (Fsp3) is 0.500. The first-order chi connectivity index (χ1) is 8.72. The molecule has 1 aromatic carbocycles. The van der Waals surface area contributed by atoms with Crippen LogP contribution in [0, 0.1) is 5.82 Å². The van der Waals surface area contributed by atoms with E-state index in [1.807, 2.05) is 12.1 Å². The lowest BCUT2D eigenvalue weighted by Crippen LogP contribution is -2.43. The smallest absolute Gasteiger partial charge is 0.189 e. The second-order valence-corrected chi connectivity index (χ2v) is 5.25. The molecule has 0 aromatic heterocycles. The zero-order chi connectivity index (χ0) is 12.5. The van der Waals surface area contributed by atoms with Gasteiger partial charge in [-0.05, 0) is 43.4 Å². The van der Waals surface area contributed by atoms with Crippen LogP contribution in [0.15, 0.2) is 29.3 Å². The van der Waals surface area contributed by atoms with Crippen LogP contribution in [0.1, 0.15) is 37.2 Å². The Labute approximate surface area is 106 Å². The molecule has 0 aliphatic heterocycles. The highest BCUT2D eigenvalue weighted by molar-refractivity contribution is 5.78. The predicted molar refractivity (Wildman–Crippen MR) is 69.9 cm³/mol. The largest absolute Gasteiger partial charge is 0.370 e. The standard InChI is InChI=1S/C14H18FN3/c15-10-6-4-9(5-7-10)12-8-13(12)18-14(16)17-11-2-1-3-11/h4-7,11-13H,1-3,8H2,(H3,16,17,18)/t12-,13+/m0/s1. The minimum Gasteiger partial charge on any atom is -0.370 e. The van der Waals surface area contributed by atoms with Gasteiger partial charge in [0.25, 0.3) is 0 Å². The van der Waals surface area contributed by atoms with Gasteiger partial charge in [-0.1, -0.05) is 12.1 Å². The molecule has 18 heavy (non-hydrogen) atoms. The first-order valence-corrected chi connectivity index (χ1v) is 6.57. The summed E-state index contributed by atoms with van der Waals surface area (Å²) in [6.45, 7) is 0. The molecule has 0 bridgehead atoms. The zero-order valence-corrected chi connectivity index (χ0v) is 10.3. The lowest BCUT2D eigenvalue weighted by atomic mass is 9.93. The van der Waals surface area contributed by atoms with Gasteiger partial charge in [0.2, 0.25) is 0 Å². The van der Waals surface area contributed by atoms with Crippen LogP contribution in [0.3, 0.4) is 0 Å². The number of rotatable bonds is 3. The normalized spacial score (nSPS) is 27.7. The van der Waals surface area contributed by atoms with Crippen LogP contribution in [0.25, 0.3) is 0 Å². The number of benzene rings is 1. The number of nitrogens with one attached hydrogen (secondary N) is 1. The minimum atomic E-state index is -0.189. The maximum atomic E-state index is 12.8. The number of nitrogens with zero attached hydrogens (tertiary/aromatic N) is 1. The molecule has 3 nitrogen and oxygen atoms in total. The Balaban J connectivity index is 1.56. The summed E-state index contributed by atoms with van der Waals surface area (Å²) in [5.41, 5.74) is 7.02. The first kappa shape index (κ1) is 11.5. The summed E-state index contributed by atoms with van der Waals surface area (Å²) in [6, 6.07) is 7.48. The Morgan fingerprint density at radius 3 is 2.61 bits per heavy atom. The van der Waals surface area contributed by atoms with Crippen LogP contribution in [0.2, 0.25) is 0 Å². The molecule has 2 aliphatic carbocycles. The maximum absolute atomic E-state index is 12.8. The molecular formula is C14H18FN3. The zero-order valence-electron chi connectivity index (χ0n) is 10.3. The van der Waals surface area contributed by atoms with Crippen molar-refractivity contribution in [2.24, 2.45) is 10.7 Å². The van der Waals surface area contributed by atoms with E-state index in [0.29, 0.717) is 17.9 Å². The van der Waals surface area contributed by atoms with Crippen LogP contribution < -0.4 is 11.1 Å². The topological polar surface area (TPSA) is 50.4 Å². The van der Waals surface area contributed by atoms with Crippen LogP contribution in [0.4, 0.5) is 4.39 Å². The van der Waals surface area contributed by atoms with Crippen LogP contribution in [0.5, 0.6) is 0 Å². The molecule has 3 rings (SSSR count). The van der Waals surface area contributed by atoms with Gasteiger partial charge in [0.05, 0.1) is 6.04 Å². The number of halogens is 1. The summed E-state index contributed by atoms with van der Waals surface area (Å²) in [6.07, 6.45) is 4.69. The van der Waals surface area contributed by atoms with Gasteiger partial charge in [-0.3, -0.25) is 0 Å². The van der Waals surface area contributed by atoms with Gasteiger partial charge < -0.3 is 11.1 Å². The third-order valence-electron chi connectivity index (χ3n) is 3.82. The summed E-state index contributed by atoms with van der Waals surface area (Å²) in [4.78, 5) is 4.48. The quantitative estimate of drug-likeness (QED) is 0.635. The second-order valence-electron chi connectivity index (χ2n) is 5.25.